The smallest absolute Gasteiger partial charge is 0.250 e. The van der Waals surface area contributed by atoms with Crippen LogP contribution in [-0.2, 0) is 0 Å². The second-order valence-electron chi connectivity index (χ2n) is 2.47. The van der Waals surface area contributed by atoms with Crippen LogP contribution in [-0.4, -0.2) is 29.6 Å². The first-order chi connectivity index (χ1) is 4.64. The Balaban J connectivity index is 2.31. The van der Waals surface area contributed by atoms with Gasteiger partial charge in [0.15, 0.2) is 0 Å². The molecule has 4 heteroatoms. The maximum Gasteiger partial charge on any atom is 0.250 e. The molecule has 0 aromatic rings. The number of alkyl halides is 2. The predicted octanol–water partition coefficient (Wildman–Crippen LogP) is 2.00. The van der Waals surface area contributed by atoms with Crippen molar-refractivity contribution in [2.24, 2.45) is 0 Å². The summed E-state index contributed by atoms with van der Waals surface area (Å²) in [5, 5.41) is 0. The van der Waals surface area contributed by atoms with Crippen LogP contribution in [0.3, 0.4) is 0 Å². The van der Waals surface area contributed by atoms with Gasteiger partial charge in [-0.2, -0.15) is 0 Å². The largest absolute Gasteiger partial charge is 0.250 e. The van der Waals surface area contributed by atoms with Crippen LogP contribution >= 0.6 is 11.9 Å². The molecule has 0 bridgehead atoms. The molecule has 0 aromatic carbocycles. The Hall–Kier alpha value is 0.170. The van der Waals surface area contributed by atoms with Crippen LogP contribution in [0, 0.1) is 0 Å². The summed E-state index contributed by atoms with van der Waals surface area (Å²) in [4.78, 5) is 0. The highest BCUT2D eigenvalue weighted by Gasteiger charge is 2.33. The topological polar surface area (TPSA) is 3.24 Å². The van der Waals surface area contributed by atoms with Gasteiger partial charge in [0.25, 0.3) is 5.92 Å². The Labute approximate surface area is 63.9 Å². The molecule has 0 unspecified atom stereocenters. The van der Waals surface area contributed by atoms with Crippen molar-refractivity contribution in [1.82, 2.24) is 4.31 Å². The van der Waals surface area contributed by atoms with Crippen molar-refractivity contribution in [3.63, 3.8) is 0 Å². The van der Waals surface area contributed by atoms with E-state index in [4.69, 9.17) is 0 Å². The summed E-state index contributed by atoms with van der Waals surface area (Å²) in [5.41, 5.74) is 0. The molecule has 0 saturated carbocycles. The van der Waals surface area contributed by atoms with Gasteiger partial charge in [0.2, 0.25) is 0 Å². The molecule has 1 heterocycles. The van der Waals surface area contributed by atoms with E-state index in [-0.39, 0.29) is 12.8 Å². The van der Waals surface area contributed by atoms with Gasteiger partial charge < -0.3 is 0 Å². The van der Waals surface area contributed by atoms with E-state index in [9.17, 15) is 8.78 Å². The van der Waals surface area contributed by atoms with E-state index in [1.807, 2.05) is 10.6 Å². The molecule has 0 aliphatic carbocycles. The maximum absolute atomic E-state index is 12.5. The molecule has 1 saturated heterocycles. The fourth-order valence-electron chi connectivity index (χ4n) is 0.996. The molecular formula is C6H11F2NS. The highest BCUT2D eigenvalue weighted by molar-refractivity contribution is 7.96. The molecule has 0 spiro atoms. The van der Waals surface area contributed by atoms with Gasteiger partial charge in [0.1, 0.15) is 0 Å². The number of piperidine rings is 1. The van der Waals surface area contributed by atoms with Gasteiger partial charge in [0.05, 0.1) is 0 Å². The summed E-state index contributed by atoms with van der Waals surface area (Å²) in [6, 6.07) is 0. The molecule has 1 aliphatic rings. The minimum absolute atomic E-state index is 0.0217. The van der Waals surface area contributed by atoms with E-state index >= 15 is 0 Å². The van der Waals surface area contributed by atoms with E-state index in [0.29, 0.717) is 13.1 Å². The third kappa shape index (κ3) is 2.09. The summed E-state index contributed by atoms with van der Waals surface area (Å²) < 4.78 is 26.9. The molecule has 1 aliphatic heterocycles. The fourth-order valence-corrected chi connectivity index (χ4v) is 1.54. The normalized spacial score (nSPS) is 26.7. The molecule has 0 amide bonds. The number of hydrogen-bond acceptors (Lipinski definition) is 2. The number of nitrogens with zero attached hydrogens (tertiary/aromatic N) is 1. The molecule has 0 radical (unpaired) electrons. The first-order valence-electron chi connectivity index (χ1n) is 3.31. The summed E-state index contributed by atoms with van der Waals surface area (Å²) in [5.74, 6) is -2.40. The minimum Gasteiger partial charge on any atom is -0.250 e. The number of hydrogen-bond donors (Lipinski definition) is 0. The lowest BCUT2D eigenvalue weighted by molar-refractivity contribution is -0.0398. The van der Waals surface area contributed by atoms with Crippen LogP contribution in [0.5, 0.6) is 0 Å². The molecular weight excluding hydrogens is 156 g/mol. The first-order valence-corrected chi connectivity index (χ1v) is 4.49. The average Bonchev–Trinajstić information content (AvgIpc) is 1.88. The van der Waals surface area contributed by atoms with E-state index in [2.05, 4.69) is 0 Å². The molecule has 1 fully saturated rings. The molecule has 0 atom stereocenters. The zero-order chi connectivity index (χ0) is 7.61. The van der Waals surface area contributed by atoms with Gasteiger partial charge in [-0.1, -0.05) is 11.9 Å². The third-order valence-electron chi connectivity index (χ3n) is 1.71. The van der Waals surface area contributed by atoms with Crippen LogP contribution in [0.15, 0.2) is 0 Å². The van der Waals surface area contributed by atoms with Gasteiger partial charge in [0, 0.05) is 25.9 Å². The van der Waals surface area contributed by atoms with Crippen molar-refractivity contribution in [3.05, 3.63) is 0 Å². The van der Waals surface area contributed by atoms with Crippen molar-refractivity contribution >= 4 is 11.9 Å². The van der Waals surface area contributed by atoms with Gasteiger partial charge in [-0.3, -0.25) is 4.31 Å². The van der Waals surface area contributed by atoms with Crippen molar-refractivity contribution in [2.45, 2.75) is 18.8 Å². The third-order valence-corrected chi connectivity index (χ3v) is 2.59. The SMILES string of the molecule is CSN1CCC(F)(F)CC1. The quantitative estimate of drug-likeness (QED) is 0.549. The first kappa shape index (κ1) is 8.27. The molecule has 0 N–H and O–H groups in total. The van der Waals surface area contributed by atoms with Crippen LogP contribution in [0.4, 0.5) is 8.78 Å². The van der Waals surface area contributed by atoms with Gasteiger partial charge in [-0.15, -0.1) is 0 Å². The van der Waals surface area contributed by atoms with Crippen molar-refractivity contribution in [2.75, 3.05) is 19.3 Å². The molecule has 10 heavy (non-hydrogen) atoms. The highest BCUT2D eigenvalue weighted by Crippen LogP contribution is 2.29. The molecule has 0 aromatic heterocycles. The minimum atomic E-state index is -2.40. The van der Waals surface area contributed by atoms with Crippen LogP contribution in [0.1, 0.15) is 12.8 Å². The Kier molecular flexibility index (Phi) is 2.52. The van der Waals surface area contributed by atoms with Gasteiger partial charge in [-0.25, -0.2) is 8.78 Å². The standard InChI is InChI=1S/C6H11F2NS/c1-10-9-4-2-6(7,8)3-5-9/h2-5H2,1H3. The zero-order valence-corrected chi connectivity index (χ0v) is 6.76. The Morgan fingerprint density at radius 1 is 1.30 bits per heavy atom. The lowest BCUT2D eigenvalue weighted by atomic mass is 10.1. The Bertz CT molecular complexity index is 108. The lowest BCUT2D eigenvalue weighted by Gasteiger charge is -2.29. The van der Waals surface area contributed by atoms with E-state index in [0.717, 1.165) is 0 Å². The summed E-state index contributed by atoms with van der Waals surface area (Å²) in [7, 11) is 0. The van der Waals surface area contributed by atoms with E-state index in [1.54, 1.807) is 11.9 Å². The summed E-state index contributed by atoms with van der Waals surface area (Å²) >= 11 is 1.55. The Morgan fingerprint density at radius 3 is 2.20 bits per heavy atom. The van der Waals surface area contributed by atoms with E-state index in [1.165, 1.54) is 0 Å². The second kappa shape index (κ2) is 3.05. The van der Waals surface area contributed by atoms with Gasteiger partial charge >= 0.3 is 0 Å². The lowest BCUT2D eigenvalue weighted by Crippen LogP contribution is -2.35. The number of rotatable bonds is 1. The average molecular weight is 167 g/mol. The Morgan fingerprint density at radius 2 is 1.80 bits per heavy atom. The van der Waals surface area contributed by atoms with Crippen LogP contribution < -0.4 is 0 Å². The fraction of sp³-hybridized carbons (Fsp3) is 1.00. The molecule has 1 rings (SSSR count). The van der Waals surface area contributed by atoms with Crippen LogP contribution in [0.2, 0.25) is 0 Å². The van der Waals surface area contributed by atoms with Crippen molar-refractivity contribution in [3.8, 4) is 0 Å². The van der Waals surface area contributed by atoms with Crippen LogP contribution in [0.25, 0.3) is 0 Å². The maximum atomic E-state index is 12.5. The number of halogens is 2. The summed E-state index contributed by atoms with van der Waals surface area (Å²) in [6.45, 7) is 1.04. The monoisotopic (exact) mass is 167 g/mol. The second-order valence-corrected chi connectivity index (χ2v) is 3.35. The van der Waals surface area contributed by atoms with Crippen molar-refractivity contribution < 1.29 is 8.78 Å². The molecule has 1 nitrogen and oxygen atoms in total. The van der Waals surface area contributed by atoms with Crippen molar-refractivity contribution in [1.29, 1.82) is 0 Å². The summed E-state index contributed by atoms with van der Waals surface area (Å²) in [6.07, 6.45) is 1.96. The predicted molar refractivity (Wildman–Crippen MR) is 39.3 cm³/mol. The molecule has 60 valence electrons. The highest BCUT2D eigenvalue weighted by atomic mass is 32.2. The van der Waals surface area contributed by atoms with E-state index < -0.39 is 5.92 Å². The zero-order valence-electron chi connectivity index (χ0n) is 5.94. The van der Waals surface area contributed by atoms with Gasteiger partial charge in [-0.05, 0) is 6.26 Å².